The van der Waals surface area contributed by atoms with E-state index in [1.807, 2.05) is 6.92 Å². The van der Waals surface area contributed by atoms with Gasteiger partial charge in [0.2, 0.25) is 0 Å². The Morgan fingerprint density at radius 1 is 1.19 bits per heavy atom. The summed E-state index contributed by atoms with van der Waals surface area (Å²) in [5, 5.41) is 0. The normalized spacial score (nSPS) is 37.5. The Balaban J connectivity index is 0.000000673. The third-order valence-corrected chi connectivity index (χ3v) is 4.23. The van der Waals surface area contributed by atoms with Crippen molar-refractivity contribution in [3.8, 4) is 0 Å². The van der Waals surface area contributed by atoms with Gasteiger partial charge in [-0.2, -0.15) is 0 Å². The van der Waals surface area contributed by atoms with Crippen molar-refractivity contribution in [1.82, 2.24) is 0 Å². The first-order valence-electron chi connectivity index (χ1n) is 6.70. The minimum atomic E-state index is 0.0603. The van der Waals surface area contributed by atoms with Crippen LogP contribution < -0.4 is 11.5 Å². The average molecular weight is 228 g/mol. The molecule has 0 radical (unpaired) electrons. The van der Waals surface area contributed by atoms with E-state index in [0.29, 0.717) is 5.41 Å². The van der Waals surface area contributed by atoms with Gasteiger partial charge in [-0.1, -0.05) is 41.0 Å². The van der Waals surface area contributed by atoms with Crippen LogP contribution in [0.4, 0.5) is 0 Å². The summed E-state index contributed by atoms with van der Waals surface area (Å²) >= 11 is 0. The smallest absolute Gasteiger partial charge is 0.0159 e. The molecule has 1 aliphatic rings. The molecule has 0 amide bonds. The van der Waals surface area contributed by atoms with Gasteiger partial charge >= 0.3 is 0 Å². The van der Waals surface area contributed by atoms with Gasteiger partial charge in [0.15, 0.2) is 0 Å². The van der Waals surface area contributed by atoms with E-state index in [-0.39, 0.29) is 5.54 Å². The van der Waals surface area contributed by atoms with E-state index in [1.54, 1.807) is 0 Å². The summed E-state index contributed by atoms with van der Waals surface area (Å²) in [6, 6.07) is 0. The van der Waals surface area contributed by atoms with Crippen LogP contribution in [0.1, 0.15) is 60.8 Å². The lowest BCUT2D eigenvalue weighted by Crippen LogP contribution is -2.53. The lowest BCUT2D eigenvalue weighted by molar-refractivity contribution is 0.0431. The van der Waals surface area contributed by atoms with Gasteiger partial charge < -0.3 is 11.5 Å². The van der Waals surface area contributed by atoms with Crippen molar-refractivity contribution in [2.45, 2.75) is 66.3 Å². The fraction of sp³-hybridized carbons (Fsp3) is 1.00. The van der Waals surface area contributed by atoms with Gasteiger partial charge in [-0.05, 0) is 43.6 Å². The molecular weight excluding hydrogens is 196 g/mol. The molecule has 0 aromatic rings. The summed E-state index contributed by atoms with van der Waals surface area (Å²) in [4.78, 5) is 0. The van der Waals surface area contributed by atoms with E-state index in [0.717, 1.165) is 18.4 Å². The van der Waals surface area contributed by atoms with Crippen LogP contribution in [0.5, 0.6) is 0 Å². The predicted molar refractivity (Wildman–Crippen MR) is 73.3 cm³/mol. The first-order valence-corrected chi connectivity index (χ1v) is 6.70. The maximum atomic E-state index is 6.37. The molecule has 0 aromatic carbocycles. The Morgan fingerprint density at radius 3 is 2.00 bits per heavy atom. The van der Waals surface area contributed by atoms with Gasteiger partial charge in [0.25, 0.3) is 0 Å². The molecule has 1 fully saturated rings. The number of hydrogen-bond acceptors (Lipinski definition) is 2. The van der Waals surface area contributed by atoms with Gasteiger partial charge in [-0.25, -0.2) is 0 Å². The van der Waals surface area contributed by atoms with E-state index in [2.05, 4.69) is 34.6 Å². The Bertz CT molecular complexity index is 197. The highest BCUT2D eigenvalue weighted by molar-refractivity contribution is 4.98. The molecule has 4 N–H and O–H groups in total. The second-order valence-corrected chi connectivity index (χ2v) is 6.32. The molecule has 2 nitrogen and oxygen atoms in total. The van der Waals surface area contributed by atoms with Gasteiger partial charge in [0.1, 0.15) is 0 Å². The summed E-state index contributed by atoms with van der Waals surface area (Å²) in [5.74, 6) is 1.53. The van der Waals surface area contributed by atoms with Crippen molar-refractivity contribution in [2.24, 2.45) is 28.7 Å². The molecule has 2 heteroatoms. The van der Waals surface area contributed by atoms with E-state index in [1.165, 1.54) is 19.3 Å². The first-order chi connectivity index (χ1) is 7.21. The highest BCUT2D eigenvalue weighted by atomic mass is 14.8. The van der Waals surface area contributed by atoms with E-state index >= 15 is 0 Å². The Kier molecular flexibility index (Phi) is 5.99. The molecule has 0 spiro atoms. The molecule has 1 aliphatic carbocycles. The van der Waals surface area contributed by atoms with Crippen LogP contribution in [0.3, 0.4) is 0 Å². The predicted octanol–water partition coefficient (Wildman–Crippen LogP) is 3.15. The Labute approximate surface area is 102 Å². The molecular formula is C14H32N2. The first kappa shape index (κ1) is 15.9. The zero-order chi connectivity index (χ0) is 13.0. The molecule has 3 atom stereocenters. The van der Waals surface area contributed by atoms with Crippen LogP contribution in [0.25, 0.3) is 0 Å². The molecule has 1 saturated carbocycles. The number of rotatable bonds is 1. The van der Waals surface area contributed by atoms with Crippen molar-refractivity contribution in [3.05, 3.63) is 0 Å². The molecule has 16 heavy (non-hydrogen) atoms. The molecule has 0 aromatic heterocycles. The zero-order valence-electron chi connectivity index (χ0n) is 12.1. The van der Waals surface area contributed by atoms with Crippen molar-refractivity contribution >= 4 is 0 Å². The summed E-state index contributed by atoms with van der Waals surface area (Å²) in [6.45, 7) is 14.2. The molecule has 98 valence electrons. The third kappa shape index (κ3) is 4.06. The summed E-state index contributed by atoms with van der Waals surface area (Å²) in [6.07, 6.45) is 3.70. The second kappa shape index (κ2) is 6.02. The molecule has 0 bridgehead atoms. The van der Waals surface area contributed by atoms with Gasteiger partial charge in [-0.3, -0.25) is 0 Å². The van der Waals surface area contributed by atoms with Gasteiger partial charge in [-0.15, -0.1) is 0 Å². The second-order valence-electron chi connectivity index (χ2n) is 6.32. The molecule has 1 rings (SSSR count). The minimum absolute atomic E-state index is 0.0603. The van der Waals surface area contributed by atoms with E-state index in [4.69, 9.17) is 11.5 Å². The highest BCUT2D eigenvalue weighted by Gasteiger charge is 2.43. The lowest BCUT2D eigenvalue weighted by Gasteiger charge is -2.50. The number of nitrogens with two attached hydrogens (primary N) is 2. The summed E-state index contributed by atoms with van der Waals surface area (Å²) in [5.41, 5.74) is 11.7. The SMILES string of the molecule is CCN.CC[C@H]1C[C@@H](C)C(C)(C)C[C@@]1(C)N. The van der Waals surface area contributed by atoms with Crippen LogP contribution in [-0.2, 0) is 0 Å². The van der Waals surface area contributed by atoms with Crippen LogP contribution in [0.2, 0.25) is 0 Å². The van der Waals surface area contributed by atoms with Gasteiger partial charge in [0, 0.05) is 5.54 Å². The van der Waals surface area contributed by atoms with Gasteiger partial charge in [0.05, 0.1) is 0 Å². The van der Waals surface area contributed by atoms with Crippen LogP contribution in [-0.4, -0.2) is 12.1 Å². The monoisotopic (exact) mass is 228 g/mol. The Morgan fingerprint density at radius 2 is 1.62 bits per heavy atom. The fourth-order valence-corrected chi connectivity index (χ4v) is 2.95. The topological polar surface area (TPSA) is 52.0 Å². The molecule has 0 saturated heterocycles. The van der Waals surface area contributed by atoms with Crippen LogP contribution in [0.15, 0.2) is 0 Å². The Hall–Kier alpha value is -0.0800. The largest absolute Gasteiger partial charge is 0.331 e. The van der Waals surface area contributed by atoms with Crippen molar-refractivity contribution < 1.29 is 0 Å². The standard InChI is InChI=1S/C12H25N.C2H7N/c1-6-10-7-9(2)11(3,4)8-12(10,5)13;1-2-3/h9-10H,6-8,13H2,1-5H3;2-3H2,1H3/t9-,10+,12-;/m1./s1. The van der Waals surface area contributed by atoms with E-state index in [9.17, 15) is 0 Å². The average Bonchev–Trinajstić information content (AvgIpc) is 2.11. The zero-order valence-corrected chi connectivity index (χ0v) is 12.1. The molecule has 0 heterocycles. The van der Waals surface area contributed by atoms with Crippen molar-refractivity contribution in [1.29, 1.82) is 0 Å². The van der Waals surface area contributed by atoms with E-state index < -0.39 is 0 Å². The highest BCUT2D eigenvalue weighted by Crippen LogP contribution is 2.47. The quantitative estimate of drug-likeness (QED) is 0.724. The minimum Gasteiger partial charge on any atom is -0.331 e. The van der Waals surface area contributed by atoms with Crippen LogP contribution >= 0.6 is 0 Å². The summed E-state index contributed by atoms with van der Waals surface area (Å²) in [7, 11) is 0. The molecule has 0 unspecified atom stereocenters. The summed E-state index contributed by atoms with van der Waals surface area (Å²) < 4.78 is 0. The maximum Gasteiger partial charge on any atom is 0.0159 e. The number of hydrogen-bond donors (Lipinski definition) is 2. The lowest BCUT2D eigenvalue weighted by atomic mass is 9.58. The third-order valence-electron chi connectivity index (χ3n) is 4.23. The van der Waals surface area contributed by atoms with Crippen molar-refractivity contribution in [2.75, 3.05) is 6.54 Å². The fourth-order valence-electron chi connectivity index (χ4n) is 2.95. The van der Waals surface area contributed by atoms with Crippen molar-refractivity contribution in [3.63, 3.8) is 0 Å². The van der Waals surface area contributed by atoms with Crippen LogP contribution in [0, 0.1) is 17.3 Å². The maximum absolute atomic E-state index is 6.37. The molecule has 0 aliphatic heterocycles.